The van der Waals surface area contributed by atoms with Gasteiger partial charge in [-0.05, 0) is 67.3 Å². The molecular formula is C33H35FFmN5O6-. The summed E-state index contributed by atoms with van der Waals surface area (Å²) in [4.78, 5) is 68.4. The van der Waals surface area contributed by atoms with Crippen molar-refractivity contribution in [3.8, 4) is 11.4 Å². The smallest absolute Gasteiger partial charge is 0.313 e. The van der Waals surface area contributed by atoms with Crippen molar-refractivity contribution in [2.45, 2.75) is 91.1 Å². The third kappa shape index (κ3) is 4.83. The van der Waals surface area contributed by atoms with Crippen LogP contribution in [0.1, 0.15) is 85.9 Å². The molecule has 248 valence electrons. The molecule has 2 aliphatic heterocycles. The van der Waals surface area contributed by atoms with Gasteiger partial charge in [0.1, 0.15) is 18.5 Å². The maximum Gasteiger partial charge on any atom is 0.313 e. The number of pyridine rings is 2. The fraction of sp³-hybridized carbons (Fsp3) is 0.455. The van der Waals surface area contributed by atoms with Gasteiger partial charge >= 0.3 is 5.97 Å². The predicted octanol–water partition coefficient (Wildman–Crippen LogP) is 2.71. The largest absolute Gasteiger partial charge is 0.520 e. The van der Waals surface area contributed by atoms with Crippen molar-refractivity contribution >= 4 is 35.1 Å². The fourth-order valence-electron chi connectivity index (χ4n) is 6.98. The van der Waals surface area contributed by atoms with E-state index in [-0.39, 0.29) is 36.4 Å². The van der Waals surface area contributed by atoms with Crippen molar-refractivity contribution in [2.24, 2.45) is 5.92 Å². The number of benzene rings is 1. The summed E-state index contributed by atoms with van der Waals surface area (Å²) in [6, 6.07) is 0.932. The van der Waals surface area contributed by atoms with Gasteiger partial charge < -0.3 is 30.0 Å². The number of hydrogen-bond donors (Lipinski definition) is 3. The molecular weight excluding hydrogens is 838 g/mol. The first kappa shape index (κ1) is 31.8. The number of halogens is 1. The summed E-state index contributed by atoms with van der Waals surface area (Å²) in [5, 5.41) is 8.88. The predicted molar refractivity (Wildman–Crippen MR) is 162 cm³/mol. The van der Waals surface area contributed by atoms with Gasteiger partial charge in [-0.3, -0.25) is 19.2 Å². The van der Waals surface area contributed by atoms with Gasteiger partial charge in [-0.15, -0.1) is 0 Å². The number of cyclic esters (lactones) is 1. The van der Waals surface area contributed by atoms with Crippen molar-refractivity contribution in [1.29, 1.82) is 0 Å². The summed E-state index contributed by atoms with van der Waals surface area (Å²) in [6.45, 7) is 8.78. The molecule has 3 N–H and O–H groups in total. The van der Waals surface area contributed by atoms with Crippen LogP contribution < -0.4 is 21.5 Å². The molecule has 4 unspecified atom stereocenters. The van der Waals surface area contributed by atoms with E-state index in [1.165, 1.54) is 6.07 Å². The van der Waals surface area contributed by atoms with Crippen LogP contribution in [0.25, 0.3) is 22.3 Å². The number of aryl methyl sites for hydroxylation is 1. The van der Waals surface area contributed by atoms with Crippen LogP contribution in [-0.2, 0) is 43.5 Å². The Kier molecular flexibility index (Phi) is 8.10. The Morgan fingerprint density at radius 2 is 1.89 bits per heavy atom. The van der Waals surface area contributed by atoms with E-state index in [1.807, 2.05) is 13.0 Å². The number of hydrogen-bond acceptors (Lipinski definition) is 7. The fourth-order valence-corrected chi connectivity index (χ4v) is 6.98. The zero-order chi connectivity index (χ0) is 32.3. The first-order valence-corrected chi connectivity index (χ1v) is 15.3. The van der Waals surface area contributed by atoms with Gasteiger partial charge in [0.05, 0.1) is 47.0 Å². The number of fused-ring (bicyclic) bond motifs is 5. The van der Waals surface area contributed by atoms with E-state index in [4.69, 9.17) is 9.72 Å². The van der Waals surface area contributed by atoms with Crippen LogP contribution in [0.3, 0.4) is 0 Å². The molecule has 4 atom stereocenters. The standard InChI is InChI=1S/C33H35FN5O6.Fm/c1-6-17-19-9-25-29-20(11-39(25)32(43)21(19)12-45-33(17)44)27-23(8-7-18-15(4)22(34)10-24(37-29)26(18)27)38-30(41)16(5)36-31(42)28(14(2)3)35-13-40;/h9-10,14,16-17,23,28H,6-8,11-12H2,1-5H3,(H,35,40)(H,36,42)(H,38,41);/q-1;. The number of rotatable bonds is 8. The summed E-state index contributed by atoms with van der Waals surface area (Å²) in [6.07, 6.45) is 2.97. The van der Waals surface area contributed by atoms with Gasteiger partial charge in [0.2, 0.25) is 11.8 Å². The number of ether oxygens (including phenoxy) is 1. The van der Waals surface area contributed by atoms with Crippen molar-refractivity contribution in [3.63, 3.8) is 0 Å². The number of carbonyl (C=O) groups is 3. The molecule has 0 radical (unpaired) electrons. The summed E-state index contributed by atoms with van der Waals surface area (Å²) >= 11 is 0. The first-order chi connectivity index (χ1) is 21.5. The van der Waals surface area contributed by atoms with Gasteiger partial charge in [-0.25, -0.2) is 9.37 Å². The zero-order valence-corrected chi connectivity index (χ0v) is 28.5. The number of aromatic nitrogens is 2. The van der Waals surface area contributed by atoms with Gasteiger partial charge in [0, 0.05) is 17.0 Å². The van der Waals surface area contributed by atoms with Gasteiger partial charge in [0.15, 0.2) is 0 Å². The van der Waals surface area contributed by atoms with Crippen molar-refractivity contribution < 1.29 is 28.3 Å². The summed E-state index contributed by atoms with van der Waals surface area (Å²) < 4.78 is 22.1. The molecule has 3 aliphatic rings. The third-order valence-electron chi connectivity index (χ3n) is 9.43. The molecule has 2 aromatic heterocycles. The normalized spacial score (nSPS) is 18.8. The molecule has 4 heterocycles. The Bertz CT molecular complexity index is 1860. The molecule has 1 aromatic carbocycles. The van der Waals surface area contributed by atoms with Gasteiger partial charge in [-0.2, -0.15) is 6.41 Å². The Morgan fingerprint density at radius 3 is 2.57 bits per heavy atom. The van der Waals surface area contributed by atoms with Crippen LogP contribution in [0, 0.1) is 18.7 Å². The maximum atomic E-state index is 15.2. The van der Waals surface area contributed by atoms with E-state index in [9.17, 15) is 24.0 Å². The second-order valence-corrected chi connectivity index (χ2v) is 12.4. The minimum absolute atomic E-state index is 0. The molecule has 0 fully saturated rings. The molecule has 0 saturated heterocycles. The Balaban J connectivity index is 0.00000417. The van der Waals surface area contributed by atoms with Crippen LogP contribution in [-0.4, -0.2) is 45.8 Å². The minimum Gasteiger partial charge on any atom is -0.520 e. The van der Waals surface area contributed by atoms with E-state index in [2.05, 4.69) is 16.0 Å². The summed E-state index contributed by atoms with van der Waals surface area (Å²) in [5.74, 6) is -2.49. The first-order valence-electron chi connectivity index (χ1n) is 15.3. The second-order valence-electron chi connectivity index (χ2n) is 12.4. The van der Waals surface area contributed by atoms with Crippen molar-refractivity contribution in [3.05, 3.63) is 61.7 Å². The van der Waals surface area contributed by atoms with Crippen molar-refractivity contribution in [2.75, 3.05) is 0 Å². The Morgan fingerprint density at radius 1 is 1.15 bits per heavy atom. The zero-order valence-electron chi connectivity index (χ0n) is 26.1. The quantitative estimate of drug-likeness (QED) is 0.140. The van der Waals surface area contributed by atoms with Gasteiger partial charge in [0.25, 0.3) is 5.56 Å². The number of nitrogens with zero attached hydrogens (tertiary/aromatic N) is 2. The van der Waals surface area contributed by atoms with Crippen LogP contribution in [0.5, 0.6) is 0 Å². The van der Waals surface area contributed by atoms with Crippen LogP contribution in [0.4, 0.5) is 4.39 Å². The third-order valence-corrected chi connectivity index (χ3v) is 9.43. The van der Waals surface area contributed by atoms with Crippen molar-refractivity contribution in [1.82, 2.24) is 25.5 Å². The molecule has 1 aliphatic carbocycles. The number of esters is 1. The maximum absolute atomic E-state index is 15.2. The molecule has 0 bridgehead atoms. The average Bonchev–Trinajstić information content (AvgIpc) is 3.37. The van der Waals surface area contributed by atoms with E-state index in [0.29, 0.717) is 52.9 Å². The van der Waals surface area contributed by atoms with Crippen LogP contribution >= 0.6 is 0 Å². The molecule has 3 aromatic rings. The number of amides is 3. The van der Waals surface area contributed by atoms with E-state index >= 15 is 4.39 Å². The molecule has 46 heavy (non-hydrogen) atoms. The Hall–Kier alpha value is -5.61. The molecule has 11 nitrogen and oxygen atoms in total. The molecule has 0 spiro atoms. The molecule has 6 rings (SSSR count). The van der Waals surface area contributed by atoms with E-state index < -0.39 is 35.9 Å². The van der Waals surface area contributed by atoms with Crippen LogP contribution in [0.15, 0.2) is 16.9 Å². The second kappa shape index (κ2) is 11.7. The van der Waals surface area contributed by atoms with E-state index in [0.717, 1.165) is 22.1 Å². The van der Waals surface area contributed by atoms with E-state index in [1.54, 1.807) is 38.7 Å². The summed E-state index contributed by atoms with van der Waals surface area (Å²) in [7, 11) is 0. The monoisotopic (exact) mass is 873 g/mol. The molecule has 3 amide bonds. The molecule has 0 saturated carbocycles. The topological polar surface area (TPSA) is 148 Å². The van der Waals surface area contributed by atoms with Gasteiger partial charge in [-0.1, -0.05) is 20.8 Å². The minimum atomic E-state index is -0.927. The Labute approximate surface area is 258 Å². The SMILES string of the molecule is CCC1C(=O)OCc2c1cc1n(c2=O)Cc2c-1nc1cc(F)c(C)c3c1c2C(NC(=O)C(C)NC(=O)C(N[C-]=O)C(C)C)CC3.[Fm]. The average molecular weight is 874 g/mol. The van der Waals surface area contributed by atoms with Crippen LogP contribution in [0.2, 0.25) is 0 Å². The number of nitrogens with one attached hydrogen (secondary N) is 3. The summed E-state index contributed by atoms with van der Waals surface area (Å²) in [5.41, 5.74) is 5.12. The molecule has 13 heteroatoms. The number of carbonyl (C=O) groups excluding carboxylic acids is 4.